The van der Waals surface area contributed by atoms with Crippen molar-refractivity contribution in [1.29, 1.82) is 0 Å². The minimum absolute atomic E-state index is 0.0917. The summed E-state index contributed by atoms with van der Waals surface area (Å²) in [4.78, 5) is 24.0. The molecule has 0 aromatic carbocycles. The molecule has 1 unspecified atom stereocenters. The molecule has 0 aromatic heterocycles. The molecule has 4 nitrogen and oxygen atoms in total. The maximum absolute atomic E-state index is 12.1. The van der Waals surface area contributed by atoms with E-state index in [4.69, 9.17) is 4.74 Å². The lowest BCUT2D eigenvalue weighted by Crippen LogP contribution is -2.33. The molecule has 1 fully saturated rings. The second-order valence-corrected chi connectivity index (χ2v) is 6.57. The van der Waals surface area contributed by atoms with Gasteiger partial charge >= 0.3 is 5.97 Å². The van der Waals surface area contributed by atoms with E-state index in [1.165, 1.54) is 25.7 Å². The van der Waals surface area contributed by atoms with Crippen LogP contribution in [0.3, 0.4) is 0 Å². The molecule has 1 rings (SSSR count). The first kappa shape index (κ1) is 20.5. The SMILES string of the molecule is C=CCCCCCCCCCC(O)=C1C(=O)CC(CCC)OC1=O. The number of hydrogen-bond donors (Lipinski definition) is 1. The predicted molar refractivity (Wildman–Crippen MR) is 95.8 cm³/mol. The molecule has 1 aliphatic rings. The summed E-state index contributed by atoms with van der Waals surface area (Å²) in [7, 11) is 0. The molecule has 0 spiro atoms. The predicted octanol–water partition coefficient (Wildman–Crippen LogP) is 5.18. The Morgan fingerprint density at radius 1 is 1.17 bits per heavy atom. The van der Waals surface area contributed by atoms with Crippen molar-refractivity contribution >= 4 is 11.8 Å². The number of Topliss-reactive ketones (excluding diaryl/α,β-unsaturated/α-hetero) is 1. The van der Waals surface area contributed by atoms with Crippen molar-refractivity contribution in [2.24, 2.45) is 0 Å². The largest absolute Gasteiger partial charge is 0.511 e. The number of carbonyl (C=O) groups excluding carboxylic acids is 2. The summed E-state index contributed by atoms with van der Waals surface area (Å²) in [5.41, 5.74) is -0.119. The van der Waals surface area contributed by atoms with Gasteiger partial charge < -0.3 is 9.84 Å². The van der Waals surface area contributed by atoms with Crippen molar-refractivity contribution in [3.8, 4) is 0 Å². The van der Waals surface area contributed by atoms with Gasteiger partial charge in [0.15, 0.2) is 5.78 Å². The Bertz CT molecular complexity index is 431. The van der Waals surface area contributed by atoms with E-state index in [-0.39, 0.29) is 29.6 Å². The van der Waals surface area contributed by atoms with Gasteiger partial charge in [0.25, 0.3) is 0 Å². The van der Waals surface area contributed by atoms with Crippen LogP contribution in [0.1, 0.15) is 84.0 Å². The van der Waals surface area contributed by atoms with E-state index >= 15 is 0 Å². The molecule has 0 saturated carbocycles. The Morgan fingerprint density at radius 3 is 2.38 bits per heavy atom. The molecule has 0 aromatic rings. The maximum atomic E-state index is 12.1. The van der Waals surface area contributed by atoms with E-state index in [2.05, 4.69) is 6.58 Å². The second-order valence-electron chi connectivity index (χ2n) is 6.57. The average molecular weight is 336 g/mol. The van der Waals surface area contributed by atoms with Gasteiger partial charge in [-0.15, -0.1) is 6.58 Å². The second kappa shape index (κ2) is 11.9. The van der Waals surface area contributed by atoms with Gasteiger partial charge in [0.2, 0.25) is 0 Å². The number of hydrogen-bond acceptors (Lipinski definition) is 4. The van der Waals surface area contributed by atoms with Gasteiger partial charge in [0, 0.05) is 12.8 Å². The van der Waals surface area contributed by atoms with E-state index in [1.54, 1.807) is 0 Å². The molecule has 0 radical (unpaired) electrons. The van der Waals surface area contributed by atoms with Crippen molar-refractivity contribution < 1.29 is 19.4 Å². The van der Waals surface area contributed by atoms with Crippen LogP contribution in [0.5, 0.6) is 0 Å². The van der Waals surface area contributed by atoms with Gasteiger partial charge in [-0.25, -0.2) is 4.79 Å². The monoisotopic (exact) mass is 336 g/mol. The Balaban J connectivity index is 2.27. The fourth-order valence-electron chi connectivity index (χ4n) is 3.03. The molecule has 136 valence electrons. The highest BCUT2D eigenvalue weighted by Crippen LogP contribution is 2.23. The molecule has 24 heavy (non-hydrogen) atoms. The molecule has 1 saturated heterocycles. The number of unbranched alkanes of at least 4 members (excludes halogenated alkanes) is 7. The zero-order chi connectivity index (χ0) is 17.8. The molecular weight excluding hydrogens is 304 g/mol. The molecule has 0 bridgehead atoms. The maximum Gasteiger partial charge on any atom is 0.345 e. The number of aliphatic hydroxyl groups excluding tert-OH is 1. The fourth-order valence-corrected chi connectivity index (χ4v) is 3.03. The van der Waals surface area contributed by atoms with Gasteiger partial charge in [-0.2, -0.15) is 0 Å². The summed E-state index contributed by atoms with van der Waals surface area (Å²) < 4.78 is 5.24. The normalized spacial score (nSPS) is 20.0. The molecule has 1 N–H and O–H groups in total. The Kier molecular flexibility index (Phi) is 10.1. The summed E-state index contributed by atoms with van der Waals surface area (Å²) in [6, 6.07) is 0. The van der Waals surface area contributed by atoms with Crippen molar-refractivity contribution in [1.82, 2.24) is 0 Å². The number of carbonyl (C=O) groups is 2. The Labute approximate surface area is 146 Å². The van der Waals surface area contributed by atoms with Crippen molar-refractivity contribution in [3.63, 3.8) is 0 Å². The summed E-state index contributed by atoms with van der Waals surface area (Å²) >= 11 is 0. The lowest BCUT2D eigenvalue weighted by molar-refractivity contribution is -0.151. The minimum atomic E-state index is -0.649. The summed E-state index contributed by atoms with van der Waals surface area (Å²) in [6.45, 7) is 5.70. The van der Waals surface area contributed by atoms with Gasteiger partial charge in [0.05, 0.1) is 0 Å². The van der Waals surface area contributed by atoms with Crippen LogP contribution in [0.25, 0.3) is 0 Å². The Morgan fingerprint density at radius 2 is 1.79 bits per heavy atom. The van der Waals surface area contributed by atoms with Crippen LogP contribution in [-0.2, 0) is 14.3 Å². The lowest BCUT2D eigenvalue weighted by Gasteiger charge is -2.23. The molecule has 0 aliphatic carbocycles. The number of aliphatic hydroxyl groups is 1. The summed E-state index contributed by atoms with van der Waals surface area (Å²) in [6.07, 6.45) is 12.6. The highest BCUT2D eigenvalue weighted by Gasteiger charge is 2.34. The topological polar surface area (TPSA) is 63.6 Å². The Hall–Kier alpha value is -1.58. The number of esters is 1. The van der Waals surface area contributed by atoms with E-state index in [1.807, 2.05) is 13.0 Å². The third-order valence-corrected chi connectivity index (χ3v) is 4.39. The molecule has 1 heterocycles. The van der Waals surface area contributed by atoms with Crippen LogP contribution in [0.4, 0.5) is 0 Å². The third-order valence-electron chi connectivity index (χ3n) is 4.39. The van der Waals surface area contributed by atoms with Crippen LogP contribution in [-0.4, -0.2) is 23.0 Å². The highest BCUT2D eigenvalue weighted by molar-refractivity contribution is 6.19. The average Bonchev–Trinajstić information content (AvgIpc) is 2.53. The number of ether oxygens (including phenoxy) is 1. The van der Waals surface area contributed by atoms with E-state index in [0.29, 0.717) is 12.8 Å². The van der Waals surface area contributed by atoms with Crippen LogP contribution in [0.2, 0.25) is 0 Å². The van der Waals surface area contributed by atoms with Crippen LogP contribution >= 0.6 is 0 Å². The van der Waals surface area contributed by atoms with Crippen LogP contribution in [0.15, 0.2) is 24.0 Å². The lowest BCUT2D eigenvalue weighted by atomic mass is 9.96. The fraction of sp³-hybridized carbons (Fsp3) is 0.700. The van der Waals surface area contributed by atoms with Gasteiger partial charge in [-0.1, -0.05) is 51.5 Å². The van der Waals surface area contributed by atoms with E-state index < -0.39 is 5.97 Å². The zero-order valence-electron chi connectivity index (χ0n) is 15.0. The number of ketones is 1. The minimum Gasteiger partial charge on any atom is -0.511 e. The highest BCUT2D eigenvalue weighted by atomic mass is 16.5. The quantitative estimate of drug-likeness (QED) is 0.133. The smallest absolute Gasteiger partial charge is 0.345 e. The van der Waals surface area contributed by atoms with Crippen molar-refractivity contribution in [3.05, 3.63) is 24.0 Å². The number of cyclic esters (lactones) is 1. The van der Waals surface area contributed by atoms with E-state index in [9.17, 15) is 14.7 Å². The first-order valence-electron chi connectivity index (χ1n) is 9.37. The van der Waals surface area contributed by atoms with Gasteiger partial charge in [0.1, 0.15) is 17.4 Å². The van der Waals surface area contributed by atoms with Crippen LogP contribution < -0.4 is 0 Å². The molecule has 0 amide bonds. The summed E-state index contributed by atoms with van der Waals surface area (Å²) in [5, 5.41) is 10.1. The van der Waals surface area contributed by atoms with Crippen LogP contribution in [0, 0.1) is 0 Å². The summed E-state index contributed by atoms with van der Waals surface area (Å²) in [5.74, 6) is -1.01. The standard InChI is InChI=1S/C20H32O4/c1-3-5-6-7-8-9-10-11-12-14-17(21)19-18(22)15-16(13-4-2)24-20(19)23/h3,16,21H,1,4-15H2,2H3. The first-order valence-corrected chi connectivity index (χ1v) is 9.37. The van der Waals surface area contributed by atoms with Gasteiger partial charge in [-0.3, -0.25) is 4.79 Å². The van der Waals surface area contributed by atoms with Crippen molar-refractivity contribution in [2.45, 2.75) is 90.1 Å². The molecule has 1 aliphatic heterocycles. The number of rotatable bonds is 12. The van der Waals surface area contributed by atoms with Crippen molar-refractivity contribution in [2.75, 3.05) is 0 Å². The van der Waals surface area contributed by atoms with Gasteiger partial charge in [-0.05, 0) is 25.7 Å². The number of allylic oxidation sites excluding steroid dienone is 2. The zero-order valence-corrected chi connectivity index (χ0v) is 15.0. The molecule has 1 atom stereocenters. The molecular formula is C20H32O4. The molecule has 4 heteroatoms. The first-order chi connectivity index (χ1) is 11.6. The van der Waals surface area contributed by atoms with E-state index in [0.717, 1.165) is 32.1 Å². The third kappa shape index (κ3) is 7.33.